The molecule has 0 aromatic carbocycles. The van der Waals surface area contributed by atoms with Crippen molar-refractivity contribution in [3.05, 3.63) is 11.3 Å². The fraction of sp³-hybridized carbons (Fsp3) is 0.857. The van der Waals surface area contributed by atoms with Crippen LogP contribution in [0.2, 0.25) is 30.2 Å². The highest BCUT2D eigenvalue weighted by Crippen LogP contribution is 2.38. The van der Waals surface area contributed by atoms with Crippen LogP contribution >= 0.6 is 0 Å². The van der Waals surface area contributed by atoms with E-state index in [4.69, 9.17) is 0 Å². The van der Waals surface area contributed by atoms with Crippen molar-refractivity contribution in [2.75, 3.05) is 13.1 Å². The molecule has 0 amide bonds. The summed E-state index contributed by atoms with van der Waals surface area (Å²) in [5.74, 6) is 0. The summed E-state index contributed by atoms with van der Waals surface area (Å²) in [6.45, 7) is 19.1. The molecule has 0 aromatic rings. The third-order valence-electron chi connectivity index (χ3n) is 4.07. The van der Waals surface area contributed by atoms with Gasteiger partial charge in [-0.2, -0.15) is 0 Å². The molecule has 0 unspecified atom stereocenters. The Kier molecular flexibility index (Phi) is 7.60. The van der Waals surface area contributed by atoms with Gasteiger partial charge in [-0.05, 0) is 44.1 Å². The van der Waals surface area contributed by atoms with Gasteiger partial charge in [-0.25, -0.2) is 0 Å². The second kappa shape index (κ2) is 7.54. The standard InChI is InChI=1S/C14H33NSi2/c1-13(2)12-16-10-8-15-9-11-17(6,7)14(3,4)5/h12,15H,8-11,16H2,1-7H3. The minimum atomic E-state index is -1.05. The third kappa shape index (κ3) is 7.95. The molecule has 1 N–H and O–H groups in total. The van der Waals surface area contributed by atoms with Crippen LogP contribution in [0.25, 0.3) is 0 Å². The lowest BCUT2D eigenvalue weighted by Crippen LogP contribution is -2.39. The van der Waals surface area contributed by atoms with Gasteiger partial charge in [0, 0.05) is 9.52 Å². The molecule has 102 valence electrons. The van der Waals surface area contributed by atoms with Crippen LogP contribution in [-0.4, -0.2) is 30.7 Å². The average molecular weight is 272 g/mol. The Hall–Kier alpha value is 0.134. The molecule has 0 aromatic heterocycles. The normalized spacial score (nSPS) is 13.4. The van der Waals surface area contributed by atoms with Crippen LogP contribution < -0.4 is 5.32 Å². The summed E-state index contributed by atoms with van der Waals surface area (Å²) in [7, 11) is -0.993. The van der Waals surface area contributed by atoms with Gasteiger partial charge in [0.05, 0.1) is 8.07 Å². The van der Waals surface area contributed by atoms with Gasteiger partial charge in [0.15, 0.2) is 0 Å². The summed E-state index contributed by atoms with van der Waals surface area (Å²) in [5, 5.41) is 4.16. The zero-order valence-corrected chi connectivity index (χ0v) is 15.5. The third-order valence-corrected chi connectivity index (χ3v) is 11.5. The first-order chi connectivity index (χ1) is 7.67. The lowest BCUT2D eigenvalue weighted by atomic mass is 10.2. The van der Waals surface area contributed by atoms with Crippen molar-refractivity contribution in [2.24, 2.45) is 0 Å². The maximum Gasteiger partial charge on any atom is 0.0540 e. The van der Waals surface area contributed by atoms with Crippen LogP contribution in [0, 0.1) is 0 Å². The van der Waals surface area contributed by atoms with E-state index in [1.54, 1.807) is 0 Å². The van der Waals surface area contributed by atoms with Gasteiger partial charge in [0.2, 0.25) is 0 Å². The van der Waals surface area contributed by atoms with E-state index >= 15 is 0 Å². The van der Waals surface area contributed by atoms with Crippen LogP contribution in [0.3, 0.4) is 0 Å². The summed E-state index contributed by atoms with van der Waals surface area (Å²) in [6.07, 6.45) is 0. The summed E-state index contributed by atoms with van der Waals surface area (Å²) in [4.78, 5) is 0. The molecule has 0 heterocycles. The molecule has 0 saturated carbocycles. The molecule has 0 rings (SSSR count). The topological polar surface area (TPSA) is 12.0 Å². The number of hydrogen-bond donors (Lipinski definition) is 1. The average Bonchev–Trinajstić information content (AvgIpc) is 2.13. The van der Waals surface area contributed by atoms with Crippen LogP contribution in [0.4, 0.5) is 0 Å². The van der Waals surface area contributed by atoms with Gasteiger partial charge in [-0.15, -0.1) is 5.70 Å². The van der Waals surface area contributed by atoms with Crippen molar-refractivity contribution in [1.82, 2.24) is 5.32 Å². The number of rotatable bonds is 7. The lowest BCUT2D eigenvalue weighted by molar-refractivity contribution is 0.690. The first-order valence-electron chi connectivity index (χ1n) is 7.01. The Labute approximate surface area is 112 Å². The lowest BCUT2D eigenvalue weighted by Gasteiger charge is -2.37. The van der Waals surface area contributed by atoms with Gasteiger partial charge in [-0.3, -0.25) is 0 Å². The first kappa shape index (κ1) is 17.1. The molecule has 0 aliphatic heterocycles. The number of hydrogen-bond acceptors (Lipinski definition) is 1. The van der Waals surface area contributed by atoms with E-state index in [0.717, 1.165) is 0 Å². The molecule has 0 spiro atoms. The van der Waals surface area contributed by atoms with E-state index in [0.29, 0.717) is 5.04 Å². The quantitative estimate of drug-likeness (QED) is 0.551. The fourth-order valence-corrected chi connectivity index (χ4v) is 4.31. The van der Waals surface area contributed by atoms with Crippen molar-refractivity contribution in [3.8, 4) is 0 Å². The maximum absolute atomic E-state index is 3.63. The molecule has 0 radical (unpaired) electrons. The van der Waals surface area contributed by atoms with Crippen molar-refractivity contribution in [1.29, 1.82) is 0 Å². The molecule has 0 fully saturated rings. The second-order valence-electron chi connectivity index (χ2n) is 7.06. The van der Waals surface area contributed by atoms with E-state index in [2.05, 4.69) is 58.7 Å². The van der Waals surface area contributed by atoms with Crippen molar-refractivity contribution in [2.45, 2.75) is 64.8 Å². The predicted octanol–water partition coefficient (Wildman–Crippen LogP) is 3.60. The van der Waals surface area contributed by atoms with Crippen LogP contribution in [0.1, 0.15) is 34.6 Å². The molecular formula is C14H33NSi2. The Bertz CT molecular complexity index is 235. The van der Waals surface area contributed by atoms with E-state index in [1.165, 1.54) is 30.8 Å². The second-order valence-corrected chi connectivity index (χ2v) is 14.5. The molecule has 1 nitrogen and oxygen atoms in total. The monoisotopic (exact) mass is 271 g/mol. The summed E-state index contributed by atoms with van der Waals surface area (Å²) >= 11 is 0. The van der Waals surface area contributed by atoms with E-state index in [9.17, 15) is 0 Å². The molecule has 0 aliphatic rings. The van der Waals surface area contributed by atoms with E-state index < -0.39 is 8.07 Å². The zero-order chi connectivity index (χ0) is 13.5. The summed E-state index contributed by atoms with van der Waals surface area (Å²) in [5.41, 5.74) is 3.97. The minimum Gasteiger partial charge on any atom is -0.317 e. The largest absolute Gasteiger partial charge is 0.317 e. The van der Waals surface area contributed by atoms with E-state index in [1.807, 2.05) is 0 Å². The van der Waals surface area contributed by atoms with Crippen molar-refractivity contribution < 1.29 is 0 Å². The maximum atomic E-state index is 3.63. The van der Waals surface area contributed by atoms with Gasteiger partial charge >= 0.3 is 0 Å². The van der Waals surface area contributed by atoms with Crippen LogP contribution in [0.15, 0.2) is 11.3 Å². The summed E-state index contributed by atoms with van der Waals surface area (Å²) in [6, 6.07) is 2.81. The fourth-order valence-electron chi connectivity index (χ4n) is 1.52. The highest BCUT2D eigenvalue weighted by molar-refractivity contribution is 6.80. The predicted molar refractivity (Wildman–Crippen MR) is 87.7 cm³/mol. The highest BCUT2D eigenvalue weighted by Gasteiger charge is 2.33. The molecule has 0 aliphatic carbocycles. The first-order valence-corrected chi connectivity index (χ1v) is 12.0. The zero-order valence-electron chi connectivity index (χ0n) is 13.1. The molecule has 0 saturated heterocycles. The summed E-state index contributed by atoms with van der Waals surface area (Å²) < 4.78 is 0. The smallest absolute Gasteiger partial charge is 0.0540 e. The van der Waals surface area contributed by atoms with Gasteiger partial charge in [-0.1, -0.05) is 39.4 Å². The van der Waals surface area contributed by atoms with E-state index in [-0.39, 0.29) is 9.52 Å². The Morgan fingerprint density at radius 1 is 1.18 bits per heavy atom. The molecule has 0 bridgehead atoms. The number of allylic oxidation sites excluding steroid dienone is 1. The SMILES string of the molecule is CC(C)=C[SiH2]CCNCC[Si](C)(C)C(C)(C)C. The Balaban J connectivity index is 3.62. The molecule has 3 heteroatoms. The van der Waals surface area contributed by atoms with Crippen molar-refractivity contribution >= 4 is 17.6 Å². The van der Waals surface area contributed by atoms with Gasteiger partial charge in [0.1, 0.15) is 0 Å². The van der Waals surface area contributed by atoms with Gasteiger partial charge in [0.25, 0.3) is 0 Å². The number of nitrogens with one attached hydrogen (secondary N) is 1. The van der Waals surface area contributed by atoms with Crippen LogP contribution in [-0.2, 0) is 0 Å². The Morgan fingerprint density at radius 2 is 1.76 bits per heavy atom. The van der Waals surface area contributed by atoms with Crippen LogP contribution in [0.5, 0.6) is 0 Å². The molecular weight excluding hydrogens is 238 g/mol. The highest BCUT2D eigenvalue weighted by atomic mass is 28.3. The molecule has 0 atom stereocenters. The minimum absolute atomic E-state index is 0.0611. The van der Waals surface area contributed by atoms with Crippen molar-refractivity contribution in [3.63, 3.8) is 0 Å². The van der Waals surface area contributed by atoms with Gasteiger partial charge < -0.3 is 5.32 Å². The Morgan fingerprint density at radius 3 is 2.24 bits per heavy atom. The molecule has 17 heavy (non-hydrogen) atoms.